The molecule has 4 nitrogen and oxygen atoms in total. The number of nitrogens with zero attached hydrogens (tertiary/aromatic N) is 1. The van der Waals surface area contributed by atoms with Gasteiger partial charge in [-0.25, -0.2) is 0 Å². The monoisotopic (exact) mass is 317 g/mol. The van der Waals surface area contributed by atoms with Crippen molar-refractivity contribution < 1.29 is 14.3 Å². The highest BCUT2D eigenvalue weighted by atomic mass is 32.2. The third-order valence-electron chi connectivity index (χ3n) is 3.51. The van der Waals surface area contributed by atoms with Crippen LogP contribution in [0, 0.1) is 0 Å². The molecule has 0 aliphatic carbocycles. The van der Waals surface area contributed by atoms with Crippen molar-refractivity contribution in [3.63, 3.8) is 0 Å². The first-order chi connectivity index (χ1) is 10.6. The van der Waals surface area contributed by atoms with Crippen molar-refractivity contribution in [3.05, 3.63) is 46.9 Å². The first kappa shape index (κ1) is 16.4. The Bertz CT molecular complexity index is 619. The Morgan fingerprint density at radius 1 is 1.27 bits per heavy atom. The van der Waals surface area contributed by atoms with E-state index in [9.17, 15) is 9.59 Å². The fourth-order valence-electron chi connectivity index (χ4n) is 2.02. The molecule has 1 aromatic carbocycles. The van der Waals surface area contributed by atoms with Crippen LogP contribution in [0.3, 0.4) is 0 Å². The van der Waals surface area contributed by atoms with E-state index in [1.54, 1.807) is 19.3 Å². The van der Waals surface area contributed by atoms with Gasteiger partial charge < -0.3 is 4.74 Å². The number of carbonyl (C=O) groups excluding carboxylic acids is 2. The maximum atomic E-state index is 12.2. The van der Waals surface area contributed by atoms with Crippen LogP contribution in [0.2, 0.25) is 0 Å². The summed E-state index contributed by atoms with van der Waals surface area (Å²) in [6.45, 7) is 3.84. The average molecular weight is 317 g/mol. The van der Waals surface area contributed by atoms with E-state index in [0.717, 1.165) is 29.5 Å². The van der Waals surface area contributed by atoms with Gasteiger partial charge in [-0.3, -0.25) is 14.5 Å². The molecule has 0 radical (unpaired) electrons. The third-order valence-corrected chi connectivity index (χ3v) is 4.41. The van der Waals surface area contributed by atoms with Gasteiger partial charge in [-0.15, -0.1) is 0 Å². The molecular formula is C17H19NO3S. The number of ether oxygens (including phenoxy) is 1. The molecule has 2 rings (SSSR count). The van der Waals surface area contributed by atoms with E-state index in [2.05, 4.69) is 0 Å². The predicted molar refractivity (Wildman–Crippen MR) is 89.7 cm³/mol. The number of carbonyl (C=O) groups is 2. The van der Waals surface area contributed by atoms with Crippen LogP contribution in [-0.2, 0) is 4.79 Å². The van der Waals surface area contributed by atoms with Gasteiger partial charge in [0.05, 0.1) is 12.0 Å². The van der Waals surface area contributed by atoms with Gasteiger partial charge in [0.15, 0.2) is 0 Å². The van der Waals surface area contributed by atoms with E-state index in [0.29, 0.717) is 4.91 Å². The van der Waals surface area contributed by atoms with E-state index in [1.807, 2.05) is 44.2 Å². The standard InChI is InChI=1S/C17H19NO3S/c1-4-12(2)18-16(19)15(22-17(18)20)7-5-6-13-8-10-14(21-3)11-9-13/h5-12H,4H2,1-3H3/b6-5+,15-7+/t12-/m0/s1. The van der Waals surface area contributed by atoms with Crippen molar-refractivity contribution in [1.29, 1.82) is 0 Å². The summed E-state index contributed by atoms with van der Waals surface area (Å²) in [6.07, 6.45) is 6.12. The summed E-state index contributed by atoms with van der Waals surface area (Å²) in [5.41, 5.74) is 0.998. The lowest BCUT2D eigenvalue weighted by Crippen LogP contribution is -2.36. The zero-order valence-corrected chi connectivity index (χ0v) is 13.7. The van der Waals surface area contributed by atoms with Crippen molar-refractivity contribution >= 4 is 29.0 Å². The number of allylic oxidation sites excluding steroid dienone is 2. The Balaban J connectivity index is 2.08. The second-order valence-electron chi connectivity index (χ2n) is 4.96. The lowest BCUT2D eigenvalue weighted by molar-refractivity contribution is -0.124. The molecule has 1 saturated heterocycles. The Morgan fingerprint density at radius 2 is 1.95 bits per heavy atom. The highest BCUT2D eigenvalue weighted by Crippen LogP contribution is 2.32. The van der Waals surface area contributed by atoms with Crippen molar-refractivity contribution in [2.45, 2.75) is 26.3 Å². The lowest BCUT2D eigenvalue weighted by Gasteiger charge is -2.19. The van der Waals surface area contributed by atoms with Crippen molar-refractivity contribution in [1.82, 2.24) is 4.90 Å². The van der Waals surface area contributed by atoms with Crippen LogP contribution in [0.4, 0.5) is 4.79 Å². The Morgan fingerprint density at radius 3 is 2.55 bits per heavy atom. The van der Waals surface area contributed by atoms with Crippen LogP contribution >= 0.6 is 11.8 Å². The van der Waals surface area contributed by atoms with Gasteiger partial charge in [0.1, 0.15) is 5.75 Å². The number of hydrogen-bond donors (Lipinski definition) is 0. The summed E-state index contributed by atoms with van der Waals surface area (Å²) in [5, 5.41) is -0.191. The molecule has 0 saturated carbocycles. The van der Waals surface area contributed by atoms with Crippen LogP contribution in [0.5, 0.6) is 5.75 Å². The molecule has 1 aliphatic heterocycles. The molecule has 0 spiro atoms. The highest BCUT2D eigenvalue weighted by molar-refractivity contribution is 8.18. The number of hydrogen-bond acceptors (Lipinski definition) is 4. The largest absolute Gasteiger partial charge is 0.497 e. The molecule has 5 heteroatoms. The molecule has 116 valence electrons. The molecule has 0 bridgehead atoms. The van der Waals surface area contributed by atoms with E-state index in [1.165, 1.54) is 4.90 Å². The summed E-state index contributed by atoms with van der Waals surface area (Å²) in [7, 11) is 1.62. The van der Waals surface area contributed by atoms with Gasteiger partial charge in [-0.2, -0.15) is 0 Å². The minimum Gasteiger partial charge on any atom is -0.497 e. The van der Waals surface area contributed by atoms with E-state index < -0.39 is 0 Å². The maximum Gasteiger partial charge on any atom is 0.293 e. The molecule has 1 aromatic rings. The number of imide groups is 1. The number of rotatable bonds is 5. The first-order valence-electron chi connectivity index (χ1n) is 7.14. The molecule has 2 amide bonds. The van der Waals surface area contributed by atoms with Gasteiger partial charge in [-0.1, -0.05) is 31.2 Å². The van der Waals surface area contributed by atoms with Gasteiger partial charge in [0.2, 0.25) is 0 Å². The summed E-state index contributed by atoms with van der Waals surface area (Å²) < 4.78 is 5.10. The fraction of sp³-hybridized carbons (Fsp3) is 0.294. The molecular weight excluding hydrogens is 298 g/mol. The van der Waals surface area contributed by atoms with Crippen LogP contribution < -0.4 is 4.74 Å². The summed E-state index contributed by atoms with van der Waals surface area (Å²) in [4.78, 5) is 25.9. The number of thioether (sulfide) groups is 1. The Labute approximate surface area is 134 Å². The van der Waals surface area contributed by atoms with Crippen LogP contribution in [0.15, 0.2) is 41.3 Å². The van der Waals surface area contributed by atoms with Crippen LogP contribution in [0.1, 0.15) is 25.8 Å². The minimum atomic E-state index is -0.205. The smallest absolute Gasteiger partial charge is 0.293 e. The molecule has 1 aliphatic rings. The van der Waals surface area contributed by atoms with Gasteiger partial charge in [0.25, 0.3) is 11.1 Å². The van der Waals surface area contributed by atoms with Crippen LogP contribution in [-0.4, -0.2) is 29.2 Å². The Hall–Kier alpha value is -2.01. The third kappa shape index (κ3) is 3.60. The minimum absolute atomic E-state index is 0.0658. The van der Waals surface area contributed by atoms with Crippen molar-refractivity contribution in [2.24, 2.45) is 0 Å². The highest BCUT2D eigenvalue weighted by Gasteiger charge is 2.37. The molecule has 0 N–H and O–H groups in total. The van der Waals surface area contributed by atoms with E-state index in [4.69, 9.17) is 4.74 Å². The summed E-state index contributed by atoms with van der Waals surface area (Å²) in [5.74, 6) is 0.593. The van der Waals surface area contributed by atoms with Crippen LogP contribution in [0.25, 0.3) is 6.08 Å². The fourth-order valence-corrected chi connectivity index (χ4v) is 2.90. The SMILES string of the molecule is CC[C@H](C)N1C(=O)S/C(=C/C=C/c2ccc(OC)cc2)C1=O. The summed E-state index contributed by atoms with van der Waals surface area (Å²) in [6, 6.07) is 7.53. The first-order valence-corrected chi connectivity index (χ1v) is 7.96. The predicted octanol–water partition coefficient (Wildman–Crippen LogP) is 4.09. The second kappa shape index (κ2) is 7.31. The number of methoxy groups -OCH3 is 1. The number of benzene rings is 1. The quantitative estimate of drug-likeness (QED) is 0.768. The number of amides is 2. The molecule has 0 aromatic heterocycles. The van der Waals surface area contributed by atoms with Gasteiger partial charge in [0, 0.05) is 6.04 Å². The molecule has 22 heavy (non-hydrogen) atoms. The topological polar surface area (TPSA) is 46.6 Å². The van der Waals surface area contributed by atoms with E-state index in [-0.39, 0.29) is 17.2 Å². The van der Waals surface area contributed by atoms with Crippen molar-refractivity contribution in [2.75, 3.05) is 7.11 Å². The summed E-state index contributed by atoms with van der Waals surface area (Å²) >= 11 is 0.994. The molecule has 1 heterocycles. The lowest BCUT2D eigenvalue weighted by atomic mass is 10.2. The zero-order valence-electron chi connectivity index (χ0n) is 12.9. The average Bonchev–Trinajstić information content (AvgIpc) is 2.81. The van der Waals surface area contributed by atoms with Gasteiger partial charge in [-0.05, 0) is 48.9 Å². The maximum absolute atomic E-state index is 12.2. The van der Waals surface area contributed by atoms with Gasteiger partial charge >= 0.3 is 0 Å². The van der Waals surface area contributed by atoms with Crippen molar-refractivity contribution in [3.8, 4) is 5.75 Å². The molecule has 0 unspecified atom stereocenters. The Kier molecular flexibility index (Phi) is 5.44. The second-order valence-corrected chi connectivity index (χ2v) is 5.96. The zero-order chi connectivity index (χ0) is 16.1. The van der Waals surface area contributed by atoms with E-state index >= 15 is 0 Å². The molecule has 1 fully saturated rings. The normalized spacial score (nSPS) is 18.5. The molecule has 1 atom stereocenters.